The van der Waals surface area contributed by atoms with Crippen molar-refractivity contribution in [2.45, 2.75) is 6.42 Å². The first-order valence-corrected chi connectivity index (χ1v) is 9.08. The molecule has 1 aliphatic heterocycles. The van der Waals surface area contributed by atoms with E-state index in [0.29, 0.717) is 18.8 Å². The van der Waals surface area contributed by atoms with Gasteiger partial charge in [0.2, 0.25) is 11.8 Å². The number of likely N-dealkylation sites (N-methyl/N-ethyl adjacent to an activating group) is 1. The summed E-state index contributed by atoms with van der Waals surface area (Å²) < 4.78 is 5.77. The first-order chi connectivity index (χ1) is 13.0. The molecule has 2 amide bonds. The Hall–Kier alpha value is -2.86. The van der Waals surface area contributed by atoms with Crippen molar-refractivity contribution in [3.8, 4) is 11.5 Å². The molecule has 6 heteroatoms. The zero-order valence-electron chi connectivity index (χ0n) is 15.7. The van der Waals surface area contributed by atoms with Crippen molar-refractivity contribution >= 4 is 17.5 Å². The van der Waals surface area contributed by atoms with Crippen LogP contribution in [0.3, 0.4) is 0 Å². The number of para-hydroxylation sites is 1. The van der Waals surface area contributed by atoms with E-state index in [1.807, 2.05) is 73.6 Å². The third-order valence-corrected chi connectivity index (χ3v) is 4.48. The number of amides is 2. The molecular formula is C21H25N3O3. The monoisotopic (exact) mass is 367 g/mol. The Morgan fingerprint density at radius 2 is 1.78 bits per heavy atom. The summed E-state index contributed by atoms with van der Waals surface area (Å²) in [5.74, 6) is 1.07. The summed E-state index contributed by atoms with van der Waals surface area (Å²) in [5.41, 5.74) is 0.781. The molecular weight excluding hydrogens is 342 g/mol. The molecule has 1 unspecified atom stereocenters. The summed E-state index contributed by atoms with van der Waals surface area (Å²) in [7, 11) is 3.91. The summed E-state index contributed by atoms with van der Waals surface area (Å²) in [4.78, 5) is 28.3. The van der Waals surface area contributed by atoms with E-state index >= 15 is 0 Å². The highest BCUT2D eigenvalue weighted by Gasteiger charge is 2.34. The lowest BCUT2D eigenvalue weighted by Gasteiger charge is -2.17. The third-order valence-electron chi connectivity index (χ3n) is 4.48. The first-order valence-electron chi connectivity index (χ1n) is 9.08. The van der Waals surface area contributed by atoms with Gasteiger partial charge in [-0.25, -0.2) is 0 Å². The maximum Gasteiger partial charge on any atom is 0.227 e. The van der Waals surface area contributed by atoms with E-state index in [2.05, 4.69) is 5.32 Å². The Balaban J connectivity index is 1.58. The van der Waals surface area contributed by atoms with Crippen LogP contribution in [0.2, 0.25) is 0 Å². The normalized spacial score (nSPS) is 16.6. The van der Waals surface area contributed by atoms with Crippen LogP contribution < -0.4 is 15.0 Å². The van der Waals surface area contributed by atoms with Gasteiger partial charge in [-0.2, -0.15) is 0 Å². The Morgan fingerprint density at radius 3 is 2.44 bits per heavy atom. The van der Waals surface area contributed by atoms with Crippen molar-refractivity contribution in [2.24, 2.45) is 5.92 Å². The highest BCUT2D eigenvalue weighted by molar-refractivity contribution is 6.00. The number of nitrogens with zero attached hydrogens (tertiary/aromatic N) is 2. The van der Waals surface area contributed by atoms with E-state index in [0.717, 1.165) is 18.0 Å². The lowest BCUT2D eigenvalue weighted by atomic mass is 10.1. The second-order valence-electron chi connectivity index (χ2n) is 6.91. The molecule has 0 aromatic heterocycles. The van der Waals surface area contributed by atoms with E-state index in [1.54, 1.807) is 4.90 Å². The minimum Gasteiger partial charge on any atom is -0.457 e. The van der Waals surface area contributed by atoms with Crippen molar-refractivity contribution < 1.29 is 14.3 Å². The van der Waals surface area contributed by atoms with E-state index < -0.39 is 0 Å². The van der Waals surface area contributed by atoms with Gasteiger partial charge in [0.05, 0.1) is 5.92 Å². The van der Waals surface area contributed by atoms with Gasteiger partial charge in [0, 0.05) is 31.7 Å². The van der Waals surface area contributed by atoms with Gasteiger partial charge >= 0.3 is 0 Å². The van der Waals surface area contributed by atoms with E-state index in [1.165, 1.54) is 0 Å². The smallest absolute Gasteiger partial charge is 0.227 e. The summed E-state index contributed by atoms with van der Waals surface area (Å²) >= 11 is 0. The van der Waals surface area contributed by atoms with Crippen LogP contribution in [0.15, 0.2) is 54.6 Å². The molecule has 1 heterocycles. The van der Waals surface area contributed by atoms with Crippen LogP contribution in [0.1, 0.15) is 6.42 Å². The lowest BCUT2D eigenvalue weighted by Crippen LogP contribution is -2.36. The minimum absolute atomic E-state index is 0.0283. The number of carbonyl (C=O) groups excluding carboxylic acids is 2. The fraction of sp³-hybridized carbons (Fsp3) is 0.333. The highest BCUT2D eigenvalue weighted by atomic mass is 16.5. The molecule has 27 heavy (non-hydrogen) atoms. The largest absolute Gasteiger partial charge is 0.457 e. The van der Waals surface area contributed by atoms with Crippen molar-refractivity contribution in [3.63, 3.8) is 0 Å². The number of hydrogen-bond donors (Lipinski definition) is 1. The molecule has 2 aromatic rings. The maximum absolute atomic E-state index is 12.4. The van der Waals surface area contributed by atoms with Gasteiger partial charge in [-0.15, -0.1) is 0 Å². The predicted molar refractivity (Wildman–Crippen MR) is 105 cm³/mol. The maximum atomic E-state index is 12.4. The third kappa shape index (κ3) is 5.08. The molecule has 1 fully saturated rings. The second-order valence-corrected chi connectivity index (χ2v) is 6.91. The van der Waals surface area contributed by atoms with Gasteiger partial charge < -0.3 is 19.9 Å². The number of hydrogen-bond acceptors (Lipinski definition) is 4. The Kier molecular flexibility index (Phi) is 6.08. The van der Waals surface area contributed by atoms with Gasteiger partial charge in [0.25, 0.3) is 0 Å². The van der Waals surface area contributed by atoms with Crippen molar-refractivity contribution in [1.29, 1.82) is 0 Å². The standard InChI is InChI=1S/C21H25N3O3/c1-23(2)13-12-22-21(26)16-14-20(25)24(15-16)17-8-10-19(11-9-17)27-18-6-4-3-5-7-18/h3-11,16H,12-15H2,1-2H3,(H,22,26). The molecule has 1 atom stereocenters. The fourth-order valence-corrected chi connectivity index (χ4v) is 3.00. The van der Waals surface area contributed by atoms with Gasteiger partial charge in [0.1, 0.15) is 11.5 Å². The minimum atomic E-state index is -0.306. The molecule has 0 spiro atoms. The number of ether oxygens (including phenoxy) is 1. The lowest BCUT2D eigenvalue weighted by molar-refractivity contribution is -0.126. The molecule has 6 nitrogen and oxygen atoms in total. The number of benzene rings is 2. The van der Waals surface area contributed by atoms with E-state index in [-0.39, 0.29) is 24.2 Å². The highest BCUT2D eigenvalue weighted by Crippen LogP contribution is 2.28. The zero-order valence-corrected chi connectivity index (χ0v) is 15.7. The van der Waals surface area contributed by atoms with Crippen LogP contribution >= 0.6 is 0 Å². The Labute approximate surface area is 159 Å². The molecule has 0 bridgehead atoms. The second kappa shape index (κ2) is 8.68. The number of rotatable bonds is 7. The molecule has 1 aliphatic rings. The van der Waals surface area contributed by atoms with Gasteiger partial charge in [0.15, 0.2) is 0 Å². The summed E-state index contributed by atoms with van der Waals surface area (Å²) in [5, 5.41) is 2.91. The van der Waals surface area contributed by atoms with E-state index in [9.17, 15) is 9.59 Å². The number of anilines is 1. The molecule has 1 N–H and O–H groups in total. The molecule has 0 saturated carbocycles. The summed E-state index contributed by atoms with van der Waals surface area (Å²) in [6.45, 7) is 1.77. The average Bonchev–Trinajstić information content (AvgIpc) is 3.05. The van der Waals surface area contributed by atoms with E-state index in [4.69, 9.17) is 4.74 Å². The predicted octanol–water partition coefficient (Wildman–Crippen LogP) is 2.51. The van der Waals surface area contributed by atoms with Crippen LogP contribution in [0, 0.1) is 5.92 Å². The molecule has 142 valence electrons. The summed E-state index contributed by atoms with van der Waals surface area (Å²) in [6.07, 6.45) is 0.246. The quantitative estimate of drug-likeness (QED) is 0.817. The van der Waals surface area contributed by atoms with Crippen LogP contribution in [-0.2, 0) is 9.59 Å². The van der Waals surface area contributed by atoms with Crippen LogP contribution in [-0.4, -0.2) is 50.4 Å². The average molecular weight is 367 g/mol. The van der Waals surface area contributed by atoms with Crippen LogP contribution in [0.25, 0.3) is 0 Å². The SMILES string of the molecule is CN(C)CCNC(=O)C1CC(=O)N(c2ccc(Oc3ccccc3)cc2)C1. The Morgan fingerprint density at radius 1 is 1.11 bits per heavy atom. The van der Waals surface area contributed by atoms with Gasteiger partial charge in [-0.1, -0.05) is 18.2 Å². The molecule has 1 saturated heterocycles. The fourth-order valence-electron chi connectivity index (χ4n) is 3.00. The molecule has 0 radical (unpaired) electrons. The number of carbonyl (C=O) groups is 2. The van der Waals surface area contributed by atoms with Crippen molar-refractivity contribution in [2.75, 3.05) is 38.6 Å². The molecule has 2 aromatic carbocycles. The molecule has 0 aliphatic carbocycles. The van der Waals surface area contributed by atoms with Crippen LogP contribution in [0.5, 0.6) is 11.5 Å². The Bertz CT molecular complexity index is 775. The van der Waals surface area contributed by atoms with Crippen molar-refractivity contribution in [1.82, 2.24) is 10.2 Å². The topological polar surface area (TPSA) is 61.9 Å². The summed E-state index contributed by atoms with van der Waals surface area (Å²) in [6, 6.07) is 16.9. The van der Waals surface area contributed by atoms with Crippen molar-refractivity contribution in [3.05, 3.63) is 54.6 Å². The van der Waals surface area contributed by atoms with Crippen LogP contribution in [0.4, 0.5) is 5.69 Å². The first kappa shape index (κ1) is 18.9. The van der Waals surface area contributed by atoms with Gasteiger partial charge in [-0.3, -0.25) is 9.59 Å². The number of nitrogens with one attached hydrogen (secondary N) is 1. The zero-order chi connectivity index (χ0) is 19.2. The van der Waals surface area contributed by atoms with Gasteiger partial charge in [-0.05, 0) is 50.5 Å². The molecule has 3 rings (SSSR count).